The number of benzene rings is 1. The average Bonchev–Trinajstić information content (AvgIpc) is 3.26. The van der Waals surface area contributed by atoms with Crippen molar-refractivity contribution < 1.29 is 19.1 Å². The lowest BCUT2D eigenvalue weighted by molar-refractivity contribution is -0.162. The third-order valence-electron chi connectivity index (χ3n) is 4.66. The predicted octanol–water partition coefficient (Wildman–Crippen LogP) is 1.53. The number of nitrogens with one attached hydrogen (secondary N) is 1. The second kappa shape index (κ2) is 7.79. The number of hydrogen-bond donors (Lipinski definition) is 1. The van der Waals surface area contributed by atoms with Crippen molar-refractivity contribution in [3.8, 4) is 5.69 Å². The van der Waals surface area contributed by atoms with Crippen LogP contribution in [0.5, 0.6) is 0 Å². The highest BCUT2D eigenvalue weighted by atomic mass is 16.6. The first-order chi connectivity index (χ1) is 12.9. The van der Waals surface area contributed by atoms with E-state index in [-0.39, 0.29) is 11.2 Å². The third kappa shape index (κ3) is 3.80. The van der Waals surface area contributed by atoms with Crippen molar-refractivity contribution in [1.82, 2.24) is 9.36 Å². The fourth-order valence-corrected chi connectivity index (χ4v) is 3.00. The van der Waals surface area contributed by atoms with Crippen LogP contribution < -0.4 is 10.9 Å². The van der Waals surface area contributed by atoms with E-state index in [1.165, 1.54) is 11.6 Å². The molecule has 3 rings (SSSR count). The van der Waals surface area contributed by atoms with Gasteiger partial charge in [-0.1, -0.05) is 18.2 Å². The minimum atomic E-state index is -1.04. The van der Waals surface area contributed by atoms with Gasteiger partial charge in [0, 0.05) is 13.7 Å². The third-order valence-corrected chi connectivity index (χ3v) is 4.66. The first-order valence-electron chi connectivity index (χ1n) is 8.87. The zero-order valence-electron chi connectivity index (χ0n) is 15.6. The Morgan fingerprint density at radius 3 is 2.63 bits per heavy atom. The summed E-state index contributed by atoms with van der Waals surface area (Å²) in [5.74, 6) is -1.12. The molecule has 2 atom stereocenters. The summed E-state index contributed by atoms with van der Waals surface area (Å²) in [5.41, 5.74) is 1.08. The zero-order chi connectivity index (χ0) is 19.6. The van der Waals surface area contributed by atoms with Crippen molar-refractivity contribution in [1.29, 1.82) is 0 Å². The maximum atomic E-state index is 12.8. The molecule has 0 radical (unpaired) electrons. The fourth-order valence-electron chi connectivity index (χ4n) is 3.00. The Hall–Kier alpha value is -2.87. The van der Waals surface area contributed by atoms with E-state index < -0.39 is 24.1 Å². The summed E-state index contributed by atoms with van der Waals surface area (Å²) < 4.78 is 13.6. The Labute approximate surface area is 156 Å². The molecule has 2 heterocycles. The number of hydrogen-bond acceptors (Lipinski definition) is 5. The number of esters is 1. The molecule has 1 N–H and O–H groups in total. The van der Waals surface area contributed by atoms with Gasteiger partial charge in [-0.3, -0.25) is 14.3 Å². The highest BCUT2D eigenvalue weighted by Crippen LogP contribution is 2.16. The number of para-hydroxylation sites is 1. The zero-order valence-corrected chi connectivity index (χ0v) is 15.6. The van der Waals surface area contributed by atoms with Crippen LogP contribution in [0.25, 0.3) is 5.69 Å². The van der Waals surface area contributed by atoms with Crippen molar-refractivity contribution in [3.05, 3.63) is 46.4 Å². The summed E-state index contributed by atoms with van der Waals surface area (Å²) in [4.78, 5) is 37.2. The molecule has 27 heavy (non-hydrogen) atoms. The molecule has 8 heteroatoms. The van der Waals surface area contributed by atoms with Crippen LogP contribution in [0.2, 0.25) is 0 Å². The van der Waals surface area contributed by atoms with Gasteiger partial charge in [-0.15, -0.1) is 0 Å². The fraction of sp³-hybridized carbons (Fsp3) is 0.421. The average molecular weight is 373 g/mol. The number of carbonyl (C=O) groups is 2. The maximum absolute atomic E-state index is 12.8. The number of anilines is 1. The normalized spacial score (nSPS) is 17.5. The van der Waals surface area contributed by atoms with Gasteiger partial charge in [-0.25, -0.2) is 9.48 Å². The van der Waals surface area contributed by atoms with Gasteiger partial charge in [-0.05, 0) is 38.8 Å². The van der Waals surface area contributed by atoms with E-state index in [9.17, 15) is 14.4 Å². The van der Waals surface area contributed by atoms with E-state index in [0.717, 1.165) is 6.42 Å². The van der Waals surface area contributed by atoms with E-state index in [1.807, 2.05) is 18.2 Å². The molecule has 0 bridgehead atoms. The van der Waals surface area contributed by atoms with Gasteiger partial charge in [0.2, 0.25) is 0 Å². The lowest BCUT2D eigenvalue weighted by Crippen LogP contribution is -2.35. The van der Waals surface area contributed by atoms with Crippen LogP contribution >= 0.6 is 0 Å². The number of rotatable bonds is 5. The Morgan fingerprint density at radius 2 is 2.00 bits per heavy atom. The quantitative estimate of drug-likeness (QED) is 0.803. The molecule has 2 aromatic rings. The second-order valence-electron chi connectivity index (χ2n) is 6.51. The van der Waals surface area contributed by atoms with E-state index >= 15 is 0 Å². The molecule has 0 unspecified atom stereocenters. The summed E-state index contributed by atoms with van der Waals surface area (Å²) in [7, 11) is 1.74. The van der Waals surface area contributed by atoms with Crippen molar-refractivity contribution in [2.24, 2.45) is 7.05 Å². The van der Waals surface area contributed by atoms with E-state index in [1.54, 1.807) is 30.8 Å². The van der Waals surface area contributed by atoms with Crippen molar-refractivity contribution >= 4 is 17.6 Å². The first-order valence-corrected chi connectivity index (χ1v) is 8.87. The van der Waals surface area contributed by atoms with Crippen LogP contribution in [0.15, 0.2) is 35.1 Å². The van der Waals surface area contributed by atoms with Crippen molar-refractivity contribution in [2.75, 3.05) is 11.9 Å². The van der Waals surface area contributed by atoms with Gasteiger partial charge in [0.1, 0.15) is 5.69 Å². The Morgan fingerprint density at radius 1 is 1.30 bits per heavy atom. The Kier molecular flexibility index (Phi) is 5.46. The van der Waals surface area contributed by atoms with Crippen LogP contribution in [0.3, 0.4) is 0 Å². The van der Waals surface area contributed by atoms with Crippen molar-refractivity contribution in [3.63, 3.8) is 0 Å². The van der Waals surface area contributed by atoms with Gasteiger partial charge in [0.25, 0.3) is 11.5 Å². The minimum Gasteiger partial charge on any atom is -0.451 e. The van der Waals surface area contributed by atoms with Gasteiger partial charge in [0.15, 0.2) is 12.2 Å². The molecule has 1 aromatic carbocycles. The molecule has 0 saturated carbocycles. The highest BCUT2D eigenvalue weighted by molar-refractivity contribution is 5.95. The molecule has 1 aliphatic heterocycles. The molecule has 1 saturated heterocycles. The molecular formula is C19H23N3O5. The summed E-state index contributed by atoms with van der Waals surface area (Å²) >= 11 is 0. The standard InChI is InChI=1S/C19H23N3O5/c1-12-16(18(24)22(21(12)3)14-8-5-4-6-9-14)20-17(23)13(2)27-19(25)15-10-7-11-26-15/h4-6,8-9,13,15H,7,10-11H2,1-3H3,(H,20,23)/t13-,15+/m1/s1. The molecule has 1 amide bonds. The van der Waals surface area contributed by atoms with Crippen molar-refractivity contribution in [2.45, 2.75) is 38.9 Å². The molecule has 1 aliphatic rings. The summed E-state index contributed by atoms with van der Waals surface area (Å²) in [5, 5.41) is 2.59. The highest BCUT2D eigenvalue weighted by Gasteiger charge is 2.29. The number of carbonyl (C=O) groups excluding carboxylic acids is 2. The molecule has 1 fully saturated rings. The number of nitrogens with zero attached hydrogens (tertiary/aromatic N) is 2. The number of amides is 1. The Balaban J connectivity index is 1.76. The van der Waals surface area contributed by atoms with Gasteiger partial charge >= 0.3 is 5.97 Å². The van der Waals surface area contributed by atoms with Crippen LogP contribution in [0.1, 0.15) is 25.5 Å². The van der Waals surface area contributed by atoms with Gasteiger partial charge in [0.05, 0.1) is 11.4 Å². The summed E-state index contributed by atoms with van der Waals surface area (Å²) in [6, 6.07) is 9.12. The topological polar surface area (TPSA) is 91.6 Å². The monoisotopic (exact) mass is 373 g/mol. The smallest absolute Gasteiger partial charge is 0.336 e. The first kappa shape index (κ1) is 18.9. The van der Waals surface area contributed by atoms with Gasteiger partial charge < -0.3 is 14.8 Å². The minimum absolute atomic E-state index is 0.159. The van der Waals surface area contributed by atoms with Crippen LogP contribution in [-0.4, -0.2) is 40.1 Å². The van der Waals surface area contributed by atoms with E-state index in [2.05, 4.69) is 5.32 Å². The lowest BCUT2D eigenvalue weighted by atomic mass is 10.2. The molecule has 0 spiro atoms. The van der Waals surface area contributed by atoms with Crippen LogP contribution in [0.4, 0.5) is 5.69 Å². The molecule has 144 valence electrons. The van der Waals surface area contributed by atoms with E-state index in [4.69, 9.17) is 9.47 Å². The maximum Gasteiger partial charge on any atom is 0.336 e. The van der Waals surface area contributed by atoms with Gasteiger partial charge in [-0.2, -0.15) is 0 Å². The van der Waals surface area contributed by atoms with Crippen LogP contribution in [-0.2, 0) is 26.1 Å². The Bertz CT molecular complexity index is 894. The second-order valence-corrected chi connectivity index (χ2v) is 6.51. The molecule has 8 nitrogen and oxygen atoms in total. The molecular weight excluding hydrogens is 350 g/mol. The summed E-state index contributed by atoms with van der Waals surface area (Å²) in [6.07, 6.45) is -0.269. The number of aromatic nitrogens is 2. The lowest BCUT2D eigenvalue weighted by Gasteiger charge is -2.15. The van der Waals surface area contributed by atoms with E-state index in [0.29, 0.717) is 24.4 Å². The molecule has 0 aliphatic carbocycles. The SMILES string of the molecule is Cc1c(NC(=O)[C@@H](C)OC(=O)[C@@H]2CCCO2)c(=O)n(-c2ccccc2)n1C. The number of ether oxygens (including phenoxy) is 2. The van der Waals surface area contributed by atoms with Crippen LogP contribution in [0, 0.1) is 6.92 Å². The largest absolute Gasteiger partial charge is 0.451 e. The predicted molar refractivity (Wildman–Crippen MR) is 98.9 cm³/mol. The molecule has 1 aromatic heterocycles. The summed E-state index contributed by atoms with van der Waals surface area (Å²) in [6.45, 7) is 3.72.